The van der Waals surface area contributed by atoms with Gasteiger partial charge < -0.3 is 4.74 Å². The molecule has 0 saturated carbocycles. The van der Waals surface area contributed by atoms with Gasteiger partial charge in [-0.15, -0.1) is 0 Å². The Morgan fingerprint density at radius 2 is 2.00 bits per heavy atom. The second-order valence-corrected chi connectivity index (χ2v) is 2.33. The van der Waals surface area contributed by atoms with Crippen molar-refractivity contribution in [3.63, 3.8) is 0 Å². The lowest BCUT2D eigenvalue weighted by atomic mass is 10.3. The van der Waals surface area contributed by atoms with Crippen LogP contribution in [0.2, 0.25) is 0 Å². The molecule has 1 heterocycles. The molecule has 0 saturated heterocycles. The van der Waals surface area contributed by atoms with E-state index < -0.39 is 0 Å². The molecule has 4 heteroatoms. The molecule has 1 rings (SSSR count). The predicted molar refractivity (Wildman–Crippen MR) is 44.3 cm³/mol. The van der Waals surface area contributed by atoms with E-state index in [2.05, 4.69) is 14.8 Å². The first kappa shape index (κ1) is 8.47. The average Bonchev–Trinajstić information content (AvgIpc) is 2.03. The summed E-state index contributed by atoms with van der Waals surface area (Å²) < 4.78 is 4.93. The van der Waals surface area contributed by atoms with Crippen molar-refractivity contribution < 1.29 is 4.74 Å². The number of hydrogen-bond donors (Lipinski definition) is 0. The van der Waals surface area contributed by atoms with Gasteiger partial charge in [0, 0.05) is 0 Å². The van der Waals surface area contributed by atoms with Crippen LogP contribution in [0.5, 0.6) is 5.88 Å². The fourth-order valence-corrected chi connectivity index (χ4v) is 0.946. The van der Waals surface area contributed by atoms with Crippen LogP contribution in [0.15, 0.2) is 0 Å². The molecular weight excluding hydrogens is 154 g/mol. The Morgan fingerprint density at radius 3 is 2.50 bits per heavy atom. The molecule has 0 radical (unpaired) electrons. The summed E-state index contributed by atoms with van der Waals surface area (Å²) in [7, 11) is 1.50. The van der Waals surface area contributed by atoms with Gasteiger partial charge in [-0.1, -0.05) is 0 Å². The topological polar surface area (TPSA) is 39.4 Å². The first-order valence-corrected chi connectivity index (χ1v) is 3.45. The quantitative estimate of drug-likeness (QED) is 0.591. The van der Waals surface area contributed by atoms with Gasteiger partial charge in [-0.05, 0) is 13.8 Å². The fourth-order valence-electron chi connectivity index (χ4n) is 0.946. The van der Waals surface area contributed by atoms with Crippen molar-refractivity contribution in [2.45, 2.75) is 13.8 Å². The van der Waals surface area contributed by atoms with Crippen LogP contribution in [-0.4, -0.2) is 17.1 Å². The highest BCUT2D eigenvalue weighted by molar-refractivity contribution is 5.56. The molecule has 4 nitrogen and oxygen atoms in total. The van der Waals surface area contributed by atoms with E-state index in [0.29, 0.717) is 23.1 Å². The largest absolute Gasteiger partial charge is 0.490 e. The van der Waals surface area contributed by atoms with E-state index in [-0.39, 0.29) is 0 Å². The van der Waals surface area contributed by atoms with Crippen molar-refractivity contribution >= 4 is 5.69 Å². The molecule has 12 heavy (non-hydrogen) atoms. The van der Waals surface area contributed by atoms with Gasteiger partial charge in [0.25, 0.3) is 5.69 Å². The van der Waals surface area contributed by atoms with Crippen molar-refractivity contribution in [2.24, 2.45) is 0 Å². The Labute approximate surface area is 71.0 Å². The van der Waals surface area contributed by atoms with Gasteiger partial charge in [-0.25, -0.2) is 14.8 Å². The Bertz CT molecular complexity index is 341. The van der Waals surface area contributed by atoms with E-state index in [1.54, 1.807) is 13.8 Å². The summed E-state index contributed by atoms with van der Waals surface area (Å²) >= 11 is 0. The highest BCUT2D eigenvalue weighted by atomic mass is 16.5. The van der Waals surface area contributed by atoms with Crippen LogP contribution in [0, 0.1) is 20.4 Å². The zero-order valence-corrected chi connectivity index (χ0v) is 7.25. The lowest BCUT2D eigenvalue weighted by molar-refractivity contribution is 0.398. The van der Waals surface area contributed by atoms with E-state index in [1.165, 1.54) is 7.11 Å². The molecule has 0 aromatic carbocycles. The van der Waals surface area contributed by atoms with Gasteiger partial charge in [0.1, 0.15) is 5.82 Å². The highest BCUT2D eigenvalue weighted by Crippen LogP contribution is 2.27. The van der Waals surface area contributed by atoms with Crippen LogP contribution < -0.4 is 4.74 Å². The molecule has 62 valence electrons. The second-order valence-electron chi connectivity index (χ2n) is 2.33. The van der Waals surface area contributed by atoms with Gasteiger partial charge in [-0.3, -0.25) is 0 Å². The zero-order chi connectivity index (χ0) is 9.14. The third kappa shape index (κ3) is 1.35. The molecule has 0 unspecified atom stereocenters. The maximum absolute atomic E-state index is 6.86. The summed E-state index contributed by atoms with van der Waals surface area (Å²) in [5.74, 6) is 0.978. The lowest BCUT2D eigenvalue weighted by Crippen LogP contribution is -1.95. The van der Waals surface area contributed by atoms with E-state index >= 15 is 0 Å². The maximum Gasteiger partial charge on any atom is 0.267 e. The average molecular weight is 163 g/mol. The molecule has 0 bridgehead atoms. The molecule has 0 aliphatic rings. The van der Waals surface area contributed by atoms with Crippen LogP contribution >= 0.6 is 0 Å². The van der Waals surface area contributed by atoms with Crippen LogP contribution in [0.3, 0.4) is 0 Å². The van der Waals surface area contributed by atoms with Gasteiger partial charge in [0.05, 0.1) is 19.4 Å². The van der Waals surface area contributed by atoms with Crippen molar-refractivity contribution in [3.8, 4) is 5.88 Å². The Balaban J connectivity index is 3.36. The van der Waals surface area contributed by atoms with Crippen molar-refractivity contribution in [2.75, 3.05) is 7.11 Å². The Morgan fingerprint density at radius 1 is 1.33 bits per heavy atom. The van der Waals surface area contributed by atoms with Crippen molar-refractivity contribution in [3.05, 3.63) is 22.9 Å². The van der Waals surface area contributed by atoms with E-state index in [0.717, 1.165) is 0 Å². The number of rotatable bonds is 1. The Kier molecular flexibility index (Phi) is 2.24. The first-order valence-electron chi connectivity index (χ1n) is 3.45. The number of hydrogen-bond acceptors (Lipinski definition) is 3. The summed E-state index contributed by atoms with van der Waals surface area (Å²) in [6, 6.07) is 0. The number of nitrogens with zero attached hydrogens (tertiary/aromatic N) is 3. The van der Waals surface area contributed by atoms with Crippen molar-refractivity contribution in [1.82, 2.24) is 9.97 Å². The molecule has 0 aliphatic carbocycles. The van der Waals surface area contributed by atoms with Gasteiger partial charge >= 0.3 is 0 Å². The minimum Gasteiger partial charge on any atom is -0.490 e. The summed E-state index contributed by atoms with van der Waals surface area (Å²) in [5.41, 5.74) is 1.05. The number of ether oxygens (including phenoxy) is 1. The number of methoxy groups -OCH3 is 1. The van der Waals surface area contributed by atoms with Crippen LogP contribution in [0.4, 0.5) is 5.69 Å². The van der Waals surface area contributed by atoms with Crippen molar-refractivity contribution in [1.29, 1.82) is 0 Å². The molecule has 0 aliphatic heterocycles. The first-order chi connectivity index (χ1) is 5.69. The third-order valence-electron chi connectivity index (χ3n) is 1.44. The van der Waals surface area contributed by atoms with E-state index in [9.17, 15) is 0 Å². The number of aryl methyl sites for hydroxylation is 2. The molecule has 0 fully saturated rings. The van der Waals surface area contributed by atoms with Gasteiger partial charge in [0.15, 0.2) is 0 Å². The molecule has 0 atom stereocenters. The summed E-state index contributed by atoms with van der Waals surface area (Å²) in [4.78, 5) is 11.3. The molecule has 1 aromatic rings. The zero-order valence-electron chi connectivity index (χ0n) is 7.25. The smallest absolute Gasteiger partial charge is 0.267 e. The van der Waals surface area contributed by atoms with Crippen LogP contribution in [0.1, 0.15) is 11.5 Å². The van der Waals surface area contributed by atoms with Crippen LogP contribution in [-0.2, 0) is 0 Å². The molecular formula is C8H9N3O. The van der Waals surface area contributed by atoms with E-state index in [4.69, 9.17) is 11.3 Å². The molecule has 1 aromatic heterocycles. The van der Waals surface area contributed by atoms with Gasteiger partial charge in [0.2, 0.25) is 5.88 Å². The van der Waals surface area contributed by atoms with Gasteiger partial charge in [-0.2, -0.15) is 0 Å². The maximum atomic E-state index is 6.86. The lowest BCUT2D eigenvalue weighted by Gasteiger charge is -2.04. The minimum absolute atomic E-state index is 0.356. The normalized spacial score (nSPS) is 9.17. The second kappa shape index (κ2) is 3.18. The molecule has 0 N–H and O–H groups in total. The monoisotopic (exact) mass is 163 g/mol. The Hall–Kier alpha value is -1.63. The SMILES string of the molecule is [C-]#[N+]c1c(C)nc(C)nc1OC. The number of aromatic nitrogens is 2. The summed E-state index contributed by atoms with van der Waals surface area (Å²) in [6.07, 6.45) is 0. The molecule has 0 spiro atoms. The minimum atomic E-state index is 0.356. The summed E-state index contributed by atoms with van der Waals surface area (Å²) in [6.45, 7) is 10.4. The standard InChI is InChI=1S/C8H9N3O/c1-5-7(9-3)8(12-4)11-6(2)10-5/h1-2,4H3. The fraction of sp³-hybridized carbons (Fsp3) is 0.375. The predicted octanol–water partition coefficient (Wildman–Crippen LogP) is 1.65. The molecule has 0 amide bonds. The van der Waals surface area contributed by atoms with E-state index in [1.807, 2.05) is 0 Å². The summed E-state index contributed by atoms with van der Waals surface area (Å²) in [5, 5.41) is 0. The van der Waals surface area contributed by atoms with Crippen LogP contribution in [0.25, 0.3) is 4.85 Å². The highest BCUT2D eigenvalue weighted by Gasteiger charge is 2.09. The third-order valence-corrected chi connectivity index (χ3v) is 1.44.